The summed E-state index contributed by atoms with van der Waals surface area (Å²) < 4.78 is 5.11. The summed E-state index contributed by atoms with van der Waals surface area (Å²) in [7, 11) is 0. The van der Waals surface area contributed by atoms with Crippen molar-refractivity contribution in [2.45, 2.75) is 32.7 Å². The van der Waals surface area contributed by atoms with Crippen LogP contribution in [0.5, 0.6) is 0 Å². The molecular weight excluding hydrogens is 274 g/mol. The SMILES string of the molecule is Cc1cc(C(=O)N2CCCC2C(=O)O)c2c(C)noc2n1. The Kier molecular flexibility index (Phi) is 3.12. The summed E-state index contributed by atoms with van der Waals surface area (Å²) in [5.41, 5.74) is 1.92. The van der Waals surface area contributed by atoms with E-state index in [4.69, 9.17) is 4.52 Å². The molecule has 1 N–H and O–H groups in total. The number of aryl methyl sites for hydroxylation is 2. The third-order valence-corrected chi connectivity index (χ3v) is 3.77. The molecule has 1 atom stereocenters. The van der Waals surface area contributed by atoms with E-state index in [1.165, 1.54) is 4.90 Å². The molecule has 1 fully saturated rings. The topological polar surface area (TPSA) is 96.5 Å². The van der Waals surface area contributed by atoms with Crippen LogP contribution in [0.3, 0.4) is 0 Å². The summed E-state index contributed by atoms with van der Waals surface area (Å²) in [5.74, 6) is -1.27. The molecule has 1 aliphatic heterocycles. The average Bonchev–Trinajstić information content (AvgIpc) is 3.04. The average molecular weight is 289 g/mol. The molecule has 1 saturated heterocycles. The molecular formula is C14H15N3O4. The highest BCUT2D eigenvalue weighted by Crippen LogP contribution is 2.26. The molecule has 3 heterocycles. The number of carboxylic acid groups (broad SMARTS) is 1. The highest BCUT2D eigenvalue weighted by Gasteiger charge is 2.35. The van der Waals surface area contributed by atoms with Crippen LogP contribution in [-0.4, -0.2) is 44.6 Å². The quantitative estimate of drug-likeness (QED) is 0.900. The lowest BCUT2D eigenvalue weighted by molar-refractivity contribution is -0.141. The number of likely N-dealkylation sites (tertiary alicyclic amines) is 1. The van der Waals surface area contributed by atoms with E-state index in [0.29, 0.717) is 47.4 Å². The number of nitrogens with zero attached hydrogens (tertiary/aromatic N) is 3. The van der Waals surface area contributed by atoms with Gasteiger partial charge in [-0.2, -0.15) is 0 Å². The molecule has 1 amide bonds. The van der Waals surface area contributed by atoms with Crippen LogP contribution in [0.1, 0.15) is 34.6 Å². The van der Waals surface area contributed by atoms with E-state index in [1.54, 1.807) is 19.9 Å². The summed E-state index contributed by atoms with van der Waals surface area (Å²) in [6.45, 7) is 3.94. The second kappa shape index (κ2) is 4.83. The molecule has 0 spiro atoms. The van der Waals surface area contributed by atoms with Crippen molar-refractivity contribution in [3.63, 3.8) is 0 Å². The van der Waals surface area contributed by atoms with Crippen molar-refractivity contribution in [3.8, 4) is 0 Å². The Morgan fingerprint density at radius 3 is 2.90 bits per heavy atom. The maximum atomic E-state index is 12.7. The standard InChI is InChI=1S/C14H15N3O4/c1-7-6-9(11-8(2)16-21-12(11)15-7)13(18)17-5-3-4-10(17)14(19)20/h6,10H,3-5H2,1-2H3,(H,19,20). The number of carbonyl (C=O) groups is 2. The number of aromatic nitrogens is 2. The molecule has 0 radical (unpaired) electrons. The summed E-state index contributed by atoms with van der Waals surface area (Å²) in [4.78, 5) is 29.6. The lowest BCUT2D eigenvalue weighted by Gasteiger charge is -2.21. The zero-order valence-corrected chi connectivity index (χ0v) is 11.8. The van der Waals surface area contributed by atoms with Crippen LogP contribution in [0.25, 0.3) is 11.1 Å². The first-order chi connectivity index (χ1) is 9.99. The number of fused-ring (bicyclic) bond motifs is 1. The predicted octanol–water partition coefficient (Wildman–Crippen LogP) is 1.53. The van der Waals surface area contributed by atoms with Gasteiger partial charge >= 0.3 is 5.97 Å². The van der Waals surface area contributed by atoms with Crippen molar-refractivity contribution in [1.29, 1.82) is 0 Å². The van der Waals surface area contributed by atoms with Gasteiger partial charge in [0, 0.05) is 12.2 Å². The second-order valence-corrected chi connectivity index (χ2v) is 5.25. The molecule has 0 saturated carbocycles. The number of hydrogen-bond donors (Lipinski definition) is 1. The first-order valence-corrected chi connectivity index (χ1v) is 6.76. The molecule has 0 bridgehead atoms. The molecule has 3 rings (SSSR count). The van der Waals surface area contributed by atoms with Gasteiger partial charge in [-0.05, 0) is 32.8 Å². The van der Waals surface area contributed by atoms with Crippen molar-refractivity contribution < 1.29 is 19.2 Å². The number of rotatable bonds is 2. The van der Waals surface area contributed by atoms with E-state index in [2.05, 4.69) is 10.1 Å². The van der Waals surface area contributed by atoms with Gasteiger partial charge < -0.3 is 14.5 Å². The molecule has 110 valence electrons. The number of carboxylic acids is 1. The fourth-order valence-electron chi connectivity index (χ4n) is 2.81. The van der Waals surface area contributed by atoms with Gasteiger partial charge in [-0.15, -0.1) is 0 Å². The second-order valence-electron chi connectivity index (χ2n) is 5.25. The van der Waals surface area contributed by atoms with E-state index in [1.807, 2.05) is 0 Å². The Bertz CT molecular complexity index is 737. The van der Waals surface area contributed by atoms with Gasteiger partial charge in [0.05, 0.1) is 16.6 Å². The molecule has 7 heteroatoms. The summed E-state index contributed by atoms with van der Waals surface area (Å²) in [5, 5.41) is 13.6. The fraction of sp³-hybridized carbons (Fsp3) is 0.429. The number of pyridine rings is 1. The third kappa shape index (κ3) is 2.14. The molecule has 2 aromatic rings. The molecule has 7 nitrogen and oxygen atoms in total. The Morgan fingerprint density at radius 1 is 1.43 bits per heavy atom. The highest BCUT2D eigenvalue weighted by molar-refractivity contribution is 6.07. The summed E-state index contributed by atoms with van der Waals surface area (Å²) >= 11 is 0. The molecule has 1 unspecified atom stereocenters. The van der Waals surface area contributed by atoms with Gasteiger partial charge in [-0.1, -0.05) is 5.16 Å². The zero-order valence-electron chi connectivity index (χ0n) is 11.8. The number of amides is 1. The molecule has 21 heavy (non-hydrogen) atoms. The molecule has 1 aliphatic rings. The smallest absolute Gasteiger partial charge is 0.326 e. The van der Waals surface area contributed by atoms with Gasteiger partial charge in [0.2, 0.25) is 0 Å². The van der Waals surface area contributed by atoms with Crippen LogP contribution in [-0.2, 0) is 4.79 Å². The van der Waals surface area contributed by atoms with Gasteiger partial charge in [0.15, 0.2) is 0 Å². The fourth-order valence-corrected chi connectivity index (χ4v) is 2.81. The third-order valence-electron chi connectivity index (χ3n) is 3.77. The van der Waals surface area contributed by atoms with Crippen molar-refractivity contribution in [2.24, 2.45) is 0 Å². The van der Waals surface area contributed by atoms with E-state index in [-0.39, 0.29) is 5.91 Å². The molecule has 0 aliphatic carbocycles. The lowest BCUT2D eigenvalue weighted by atomic mass is 10.1. The van der Waals surface area contributed by atoms with Crippen LogP contribution < -0.4 is 0 Å². The zero-order chi connectivity index (χ0) is 15.1. The van der Waals surface area contributed by atoms with Crippen molar-refractivity contribution >= 4 is 23.0 Å². The lowest BCUT2D eigenvalue weighted by Crippen LogP contribution is -2.40. The largest absolute Gasteiger partial charge is 0.480 e. The first kappa shape index (κ1) is 13.5. The number of hydrogen-bond acceptors (Lipinski definition) is 5. The van der Waals surface area contributed by atoms with Gasteiger partial charge in [0.25, 0.3) is 11.6 Å². The van der Waals surface area contributed by atoms with E-state index in [0.717, 1.165) is 0 Å². The summed E-state index contributed by atoms with van der Waals surface area (Å²) in [6.07, 6.45) is 1.18. The Morgan fingerprint density at radius 2 is 2.19 bits per heavy atom. The van der Waals surface area contributed by atoms with E-state index < -0.39 is 12.0 Å². The van der Waals surface area contributed by atoms with Crippen LogP contribution in [0.4, 0.5) is 0 Å². The normalized spacial score (nSPS) is 18.4. The van der Waals surface area contributed by atoms with Crippen LogP contribution in [0, 0.1) is 13.8 Å². The Hall–Kier alpha value is -2.44. The van der Waals surface area contributed by atoms with Crippen molar-refractivity contribution in [3.05, 3.63) is 23.0 Å². The van der Waals surface area contributed by atoms with Crippen LogP contribution in [0.2, 0.25) is 0 Å². The molecule has 2 aromatic heterocycles. The maximum Gasteiger partial charge on any atom is 0.326 e. The van der Waals surface area contributed by atoms with Crippen molar-refractivity contribution in [1.82, 2.24) is 15.0 Å². The first-order valence-electron chi connectivity index (χ1n) is 6.76. The van der Waals surface area contributed by atoms with Gasteiger partial charge in [0.1, 0.15) is 6.04 Å². The number of carbonyl (C=O) groups excluding carboxylic acids is 1. The number of aliphatic carboxylic acids is 1. The van der Waals surface area contributed by atoms with Crippen LogP contribution >= 0.6 is 0 Å². The predicted molar refractivity (Wildman–Crippen MR) is 73.0 cm³/mol. The van der Waals surface area contributed by atoms with Gasteiger partial charge in [-0.25, -0.2) is 9.78 Å². The highest BCUT2D eigenvalue weighted by atomic mass is 16.5. The molecule has 0 aromatic carbocycles. The minimum absolute atomic E-state index is 0.304. The van der Waals surface area contributed by atoms with Gasteiger partial charge in [-0.3, -0.25) is 4.79 Å². The maximum absolute atomic E-state index is 12.7. The van der Waals surface area contributed by atoms with Crippen molar-refractivity contribution in [2.75, 3.05) is 6.54 Å². The minimum Gasteiger partial charge on any atom is -0.480 e. The monoisotopic (exact) mass is 289 g/mol. The summed E-state index contributed by atoms with van der Waals surface area (Å²) in [6, 6.07) is 0.896. The Balaban J connectivity index is 2.09. The van der Waals surface area contributed by atoms with E-state index in [9.17, 15) is 14.7 Å². The Labute approximate surface area is 120 Å². The van der Waals surface area contributed by atoms with Crippen LogP contribution in [0.15, 0.2) is 10.6 Å². The van der Waals surface area contributed by atoms with E-state index >= 15 is 0 Å². The minimum atomic E-state index is -0.968.